The van der Waals surface area contributed by atoms with Gasteiger partial charge in [0.2, 0.25) is 11.8 Å². The molecule has 8 nitrogen and oxygen atoms in total. The number of rotatable bonds is 13. The minimum atomic E-state index is -4.24. The molecular weight excluding hydrogens is 645 g/mol. The van der Waals surface area contributed by atoms with Gasteiger partial charge < -0.3 is 15.0 Å². The maximum atomic E-state index is 14.5. The summed E-state index contributed by atoms with van der Waals surface area (Å²) in [5.41, 5.74) is 2.59. The van der Waals surface area contributed by atoms with Gasteiger partial charge in [-0.2, -0.15) is 0 Å². The number of carbonyl (C=O) groups excluding carboxylic acids is 2. The van der Waals surface area contributed by atoms with Gasteiger partial charge >= 0.3 is 0 Å². The van der Waals surface area contributed by atoms with Crippen molar-refractivity contribution in [2.75, 3.05) is 18.0 Å². The molecule has 242 valence electrons. The summed E-state index contributed by atoms with van der Waals surface area (Å²) in [4.78, 5) is 29.7. The molecule has 4 aromatic rings. The first kappa shape index (κ1) is 34.8. The van der Waals surface area contributed by atoms with E-state index in [4.69, 9.17) is 27.9 Å². The third kappa shape index (κ3) is 8.81. The van der Waals surface area contributed by atoms with E-state index >= 15 is 0 Å². The van der Waals surface area contributed by atoms with Crippen LogP contribution in [-0.2, 0) is 32.6 Å². The van der Waals surface area contributed by atoms with Gasteiger partial charge in [-0.05, 0) is 80.4 Å². The van der Waals surface area contributed by atoms with Crippen LogP contribution in [0.15, 0.2) is 102 Å². The summed E-state index contributed by atoms with van der Waals surface area (Å²) in [6, 6.07) is 25.8. The van der Waals surface area contributed by atoms with E-state index in [9.17, 15) is 18.0 Å². The Bertz CT molecular complexity index is 1750. The minimum absolute atomic E-state index is 0.0210. The predicted octanol–water partition coefficient (Wildman–Crippen LogP) is 6.67. The molecular formula is C35H37Cl2N3O5S. The molecule has 0 heterocycles. The van der Waals surface area contributed by atoms with Crippen molar-refractivity contribution in [3.8, 4) is 5.75 Å². The van der Waals surface area contributed by atoms with Crippen LogP contribution in [0.4, 0.5) is 5.69 Å². The van der Waals surface area contributed by atoms with Gasteiger partial charge in [0.25, 0.3) is 10.0 Å². The monoisotopic (exact) mass is 681 g/mol. The average molecular weight is 683 g/mol. The number of hydrogen-bond donors (Lipinski definition) is 1. The number of benzene rings is 4. The number of sulfonamides is 1. The molecule has 0 bridgehead atoms. The van der Waals surface area contributed by atoms with Gasteiger partial charge in [0.15, 0.2) is 0 Å². The van der Waals surface area contributed by atoms with Crippen molar-refractivity contribution in [3.05, 3.63) is 124 Å². The van der Waals surface area contributed by atoms with Gasteiger partial charge in [-0.15, -0.1) is 0 Å². The summed E-state index contributed by atoms with van der Waals surface area (Å²) in [5, 5.41) is 3.67. The zero-order valence-corrected chi connectivity index (χ0v) is 28.4. The number of amides is 2. The van der Waals surface area contributed by atoms with E-state index in [-0.39, 0.29) is 29.8 Å². The van der Waals surface area contributed by atoms with Crippen molar-refractivity contribution in [1.29, 1.82) is 0 Å². The van der Waals surface area contributed by atoms with Crippen LogP contribution in [0.25, 0.3) is 0 Å². The maximum absolute atomic E-state index is 14.5. The molecule has 1 N–H and O–H groups in total. The van der Waals surface area contributed by atoms with Gasteiger partial charge in [-0.3, -0.25) is 13.9 Å². The second kappa shape index (κ2) is 15.5. The molecule has 4 rings (SSSR count). The highest BCUT2D eigenvalue weighted by molar-refractivity contribution is 7.92. The average Bonchev–Trinajstić information content (AvgIpc) is 3.03. The number of ether oxygens (including phenoxy) is 1. The number of anilines is 1. The molecule has 4 aromatic carbocycles. The van der Waals surface area contributed by atoms with E-state index < -0.39 is 28.5 Å². The van der Waals surface area contributed by atoms with Crippen LogP contribution >= 0.6 is 23.2 Å². The van der Waals surface area contributed by atoms with Crippen LogP contribution in [0.1, 0.15) is 30.5 Å². The SMILES string of the molecule is COc1ccc(S(=O)(=O)N(CC(=O)N(Cc2ccc(Cl)cc2Cl)[C@@H](Cc2ccccc2)C(=O)NC(C)C)c2ccc(C)cc2)cc1. The third-order valence-corrected chi connectivity index (χ3v) is 9.68. The molecule has 46 heavy (non-hydrogen) atoms. The minimum Gasteiger partial charge on any atom is -0.497 e. The summed E-state index contributed by atoms with van der Waals surface area (Å²) in [6.45, 7) is 4.90. The smallest absolute Gasteiger partial charge is 0.264 e. The molecule has 0 fully saturated rings. The number of nitrogens with one attached hydrogen (secondary N) is 1. The van der Waals surface area contributed by atoms with Crippen molar-refractivity contribution in [3.63, 3.8) is 0 Å². The Labute approximate surface area is 280 Å². The van der Waals surface area contributed by atoms with Crippen molar-refractivity contribution in [2.45, 2.75) is 50.7 Å². The summed E-state index contributed by atoms with van der Waals surface area (Å²) < 4.78 is 34.6. The van der Waals surface area contributed by atoms with Gasteiger partial charge in [0.05, 0.1) is 17.7 Å². The fraction of sp³-hybridized carbons (Fsp3) is 0.257. The fourth-order valence-corrected chi connectivity index (χ4v) is 6.77. The Morgan fingerprint density at radius 2 is 1.54 bits per heavy atom. The third-order valence-electron chi connectivity index (χ3n) is 7.31. The molecule has 0 aliphatic heterocycles. The zero-order valence-electron chi connectivity index (χ0n) is 26.1. The second-order valence-corrected chi connectivity index (χ2v) is 13.9. The molecule has 0 aliphatic carbocycles. The summed E-state index contributed by atoms with van der Waals surface area (Å²) >= 11 is 12.7. The maximum Gasteiger partial charge on any atom is 0.264 e. The molecule has 0 radical (unpaired) electrons. The molecule has 2 amide bonds. The molecule has 0 spiro atoms. The van der Waals surface area contributed by atoms with E-state index in [2.05, 4.69) is 5.32 Å². The Balaban J connectivity index is 1.82. The van der Waals surface area contributed by atoms with Crippen molar-refractivity contribution >= 4 is 50.7 Å². The van der Waals surface area contributed by atoms with Crippen LogP contribution in [0.2, 0.25) is 10.0 Å². The Hall–Kier alpha value is -4.05. The van der Waals surface area contributed by atoms with Crippen molar-refractivity contribution in [1.82, 2.24) is 10.2 Å². The van der Waals surface area contributed by atoms with E-state index in [1.807, 2.05) is 51.1 Å². The van der Waals surface area contributed by atoms with Gasteiger partial charge in [0, 0.05) is 29.1 Å². The van der Waals surface area contributed by atoms with Gasteiger partial charge in [0.1, 0.15) is 18.3 Å². The van der Waals surface area contributed by atoms with Gasteiger partial charge in [-0.25, -0.2) is 8.42 Å². The zero-order chi connectivity index (χ0) is 33.4. The quantitative estimate of drug-likeness (QED) is 0.170. The fourth-order valence-electron chi connectivity index (χ4n) is 4.88. The number of hydrogen-bond acceptors (Lipinski definition) is 5. The lowest BCUT2D eigenvalue weighted by molar-refractivity contribution is -0.140. The Kier molecular flexibility index (Phi) is 11.7. The predicted molar refractivity (Wildman–Crippen MR) is 183 cm³/mol. The molecule has 0 saturated carbocycles. The normalized spacial score (nSPS) is 12.0. The van der Waals surface area contributed by atoms with E-state index in [0.717, 1.165) is 15.4 Å². The van der Waals surface area contributed by atoms with Crippen LogP contribution in [0, 0.1) is 6.92 Å². The molecule has 1 atom stereocenters. The topological polar surface area (TPSA) is 96.0 Å². The van der Waals surface area contributed by atoms with Crippen LogP contribution < -0.4 is 14.4 Å². The lowest BCUT2D eigenvalue weighted by Gasteiger charge is -2.34. The van der Waals surface area contributed by atoms with E-state index in [1.54, 1.807) is 54.6 Å². The highest BCUT2D eigenvalue weighted by atomic mass is 35.5. The largest absolute Gasteiger partial charge is 0.497 e. The lowest BCUT2D eigenvalue weighted by Crippen LogP contribution is -2.54. The van der Waals surface area contributed by atoms with Crippen molar-refractivity contribution < 1.29 is 22.7 Å². The highest BCUT2D eigenvalue weighted by Crippen LogP contribution is 2.28. The molecule has 0 aliphatic rings. The first-order valence-electron chi connectivity index (χ1n) is 14.7. The van der Waals surface area contributed by atoms with E-state index in [1.165, 1.54) is 24.1 Å². The number of methoxy groups -OCH3 is 1. The van der Waals surface area contributed by atoms with Crippen LogP contribution in [0.3, 0.4) is 0 Å². The molecule has 0 aromatic heterocycles. The van der Waals surface area contributed by atoms with Crippen LogP contribution in [-0.4, -0.2) is 50.9 Å². The van der Waals surface area contributed by atoms with Gasteiger partial charge in [-0.1, -0.05) is 77.3 Å². The number of aryl methyl sites for hydroxylation is 1. The Morgan fingerprint density at radius 1 is 0.891 bits per heavy atom. The summed E-state index contributed by atoms with van der Waals surface area (Å²) in [5.74, 6) is -0.483. The number of halogens is 2. The second-order valence-electron chi connectivity index (χ2n) is 11.1. The summed E-state index contributed by atoms with van der Waals surface area (Å²) in [6.07, 6.45) is 0.187. The molecule has 11 heteroatoms. The lowest BCUT2D eigenvalue weighted by atomic mass is 10.0. The number of carbonyl (C=O) groups is 2. The first-order chi connectivity index (χ1) is 21.9. The Morgan fingerprint density at radius 3 is 2.13 bits per heavy atom. The summed E-state index contributed by atoms with van der Waals surface area (Å²) in [7, 11) is -2.76. The van der Waals surface area contributed by atoms with E-state index in [0.29, 0.717) is 27.0 Å². The standard InChI is InChI=1S/C35H37Cl2N3O5S/c1-24(2)38-35(42)33(20-26-8-6-5-7-9-26)39(22-27-12-13-28(36)21-32(27)37)34(41)23-40(29-14-10-25(3)11-15-29)46(43,44)31-18-16-30(45-4)17-19-31/h5-19,21,24,33H,20,22-23H2,1-4H3,(H,38,42)/t33-/m0/s1. The van der Waals surface area contributed by atoms with Crippen LogP contribution in [0.5, 0.6) is 5.75 Å². The molecule has 0 saturated heterocycles. The van der Waals surface area contributed by atoms with Crippen molar-refractivity contribution in [2.24, 2.45) is 0 Å². The number of nitrogens with zero attached hydrogens (tertiary/aromatic N) is 2. The highest BCUT2D eigenvalue weighted by Gasteiger charge is 2.35. The molecule has 0 unspecified atom stereocenters. The first-order valence-corrected chi connectivity index (χ1v) is 16.9.